The molecular formula is CH5N2O2Si. The van der Waals surface area contributed by atoms with Crippen LogP contribution in [0.15, 0.2) is 0 Å². The van der Waals surface area contributed by atoms with Crippen LogP contribution in [0.5, 0.6) is 0 Å². The molecule has 0 bridgehead atoms. The maximum absolute atomic E-state index is 9.43. The van der Waals surface area contributed by atoms with E-state index in [1.807, 2.05) is 4.98 Å². The van der Waals surface area contributed by atoms with Gasteiger partial charge in [-0.1, -0.05) is 0 Å². The van der Waals surface area contributed by atoms with Crippen LogP contribution in [-0.4, -0.2) is 21.9 Å². The molecule has 2 amide bonds. The Labute approximate surface area is 38.5 Å². The highest BCUT2D eigenvalue weighted by Gasteiger charge is 1.73. The fraction of sp³-hybridized carbons (Fsp3) is 0. The maximum atomic E-state index is 9.43. The Morgan fingerprint density at radius 3 is 2.00 bits per heavy atom. The van der Waals surface area contributed by atoms with Gasteiger partial charge < -0.3 is 16.2 Å². The Bertz CT molecular complexity index is 46.8. The first-order valence-corrected chi connectivity index (χ1v) is 1.49. The van der Waals surface area contributed by atoms with Crippen LogP contribution < -0.4 is 10.7 Å². The van der Waals surface area contributed by atoms with Crippen molar-refractivity contribution in [3.8, 4) is 0 Å². The molecule has 0 unspecified atom stereocenters. The Kier molecular flexibility index (Phi) is 6.72. The first kappa shape index (κ1) is 9.07. The zero-order valence-electron chi connectivity index (χ0n) is 2.99. The number of nitrogens with one attached hydrogen (secondary N) is 1. The molecule has 0 aliphatic carbocycles. The minimum Gasteiger partial charge on any atom is -0.412 e. The van der Waals surface area contributed by atoms with Gasteiger partial charge in [-0.15, -0.1) is 0 Å². The lowest BCUT2D eigenvalue weighted by Gasteiger charge is -1.79. The van der Waals surface area contributed by atoms with E-state index in [9.17, 15) is 4.79 Å². The number of rotatable bonds is 0. The van der Waals surface area contributed by atoms with Crippen molar-refractivity contribution < 1.29 is 10.3 Å². The van der Waals surface area contributed by atoms with E-state index in [4.69, 9.17) is 0 Å². The minimum atomic E-state index is -0.582. The zero-order valence-corrected chi connectivity index (χ0v) is 3.99. The summed E-state index contributed by atoms with van der Waals surface area (Å²) in [5, 5.41) is 0. The lowest BCUT2D eigenvalue weighted by Crippen LogP contribution is -2.26. The van der Waals surface area contributed by atoms with Crippen molar-refractivity contribution in [2.75, 3.05) is 0 Å². The lowest BCUT2D eigenvalue weighted by atomic mass is 11.2. The van der Waals surface area contributed by atoms with E-state index in [0.29, 0.717) is 0 Å². The van der Waals surface area contributed by atoms with Crippen LogP contribution >= 0.6 is 0 Å². The molecular weight excluding hydrogens is 100 g/mol. The van der Waals surface area contributed by atoms with Gasteiger partial charge in [-0.25, -0.2) is 0 Å². The van der Waals surface area contributed by atoms with Crippen LogP contribution in [-0.2, 0) is 0 Å². The molecule has 0 fully saturated rings. The van der Waals surface area contributed by atoms with Gasteiger partial charge in [-0.2, -0.15) is 0 Å². The SMILES string of the molecule is NC(=O)N[Si].O. The largest absolute Gasteiger partial charge is 0.412 e. The summed E-state index contributed by atoms with van der Waals surface area (Å²) in [4.78, 5) is 11.4. The van der Waals surface area contributed by atoms with Crippen molar-refractivity contribution in [3.63, 3.8) is 0 Å². The minimum absolute atomic E-state index is 0. The summed E-state index contributed by atoms with van der Waals surface area (Å²) in [6, 6.07) is -0.582. The second-order valence-corrected chi connectivity index (χ2v) is 0.739. The summed E-state index contributed by atoms with van der Waals surface area (Å²) in [7, 11) is 2.63. The van der Waals surface area contributed by atoms with Crippen molar-refractivity contribution in [1.82, 2.24) is 4.98 Å². The highest BCUT2D eigenvalue weighted by atomic mass is 28.2. The fourth-order valence-corrected chi connectivity index (χ4v) is 0. The summed E-state index contributed by atoms with van der Waals surface area (Å²) in [6.07, 6.45) is 0. The highest BCUT2D eigenvalue weighted by Crippen LogP contribution is 1.37. The number of hydrogen-bond acceptors (Lipinski definition) is 1. The molecule has 0 aromatic carbocycles. The van der Waals surface area contributed by atoms with Crippen LogP contribution in [0, 0.1) is 0 Å². The number of hydrogen-bond donors (Lipinski definition) is 2. The van der Waals surface area contributed by atoms with Gasteiger partial charge in [-0.3, -0.25) is 4.79 Å². The molecule has 0 atom stereocenters. The standard InChI is InChI=1S/CH3N2OSi.H2O/c2-1(4)3-5;/h(H3,2,3,4);1H2. The first-order chi connectivity index (χ1) is 2.27. The normalized spacial score (nSPS) is 5.50. The molecule has 0 aliphatic rings. The Balaban J connectivity index is 0. The third kappa shape index (κ3) is 9.86. The number of carbonyl (C=O) groups excluding carboxylic acids is 1. The topological polar surface area (TPSA) is 86.6 Å². The molecule has 0 saturated carbocycles. The summed E-state index contributed by atoms with van der Waals surface area (Å²) < 4.78 is 0. The predicted octanol–water partition coefficient (Wildman–Crippen LogP) is -2.09. The highest BCUT2D eigenvalue weighted by molar-refractivity contribution is 6.13. The summed E-state index contributed by atoms with van der Waals surface area (Å²) >= 11 is 0. The van der Waals surface area contributed by atoms with E-state index < -0.39 is 6.03 Å². The van der Waals surface area contributed by atoms with Crippen molar-refractivity contribution in [1.29, 1.82) is 0 Å². The third-order valence-electron chi connectivity index (χ3n) is 0.123. The van der Waals surface area contributed by atoms with Crippen LogP contribution in [0.4, 0.5) is 4.79 Å². The lowest BCUT2D eigenvalue weighted by molar-refractivity contribution is 0.254. The van der Waals surface area contributed by atoms with Crippen molar-refractivity contribution >= 4 is 16.4 Å². The predicted molar refractivity (Wildman–Crippen MR) is 22.1 cm³/mol. The van der Waals surface area contributed by atoms with E-state index >= 15 is 0 Å². The monoisotopic (exact) mass is 105 g/mol. The average molecular weight is 105 g/mol. The van der Waals surface area contributed by atoms with Crippen LogP contribution in [0.1, 0.15) is 0 Å². The molecule has 6 heavy (non-hydrogen) atoms. The van der Waals surface area contributed by atoms with E-state index in [2.05, 4.69) is 16.1 Å². The number of primary amides is 1. The quantitative estimate of drug-likeness (QED) is 0.340. The maximum Gasteiger partial charge on any atom is 0.303 e. The summed E-state index contributed by atoms with van der Waals surface area (Å²) in [6.45, 7) is 0. The van der Waals surface area contributed by atoms with Gasteiger partial charge >= 0.3 is 6.03 Å². The van der Waals surface area contributed by atoms with Gasteiger partial charge in [0.2, 0.25) is 0 Å². The smallest absolute Gasteiger partial charge is 0.303 e. The van der Waals surface area contributed by atoms with Crippen LogP contribution in [0.2, 0.25) is 0 Å². The second kappa shape index (κ2) is 4.45. The van der Waals surface area contributed by atoms with E-state index in [0.717, 1.165) is 0 Å². The molecule has 35 valence electrons. The molecule has 0 rings (SSSR count). The number of amides is 2. The molecule has 3 radical (unpaired) electrons. The number of nitrogens with two attached hydrogens (primary N) is 1. The summed E-state index contributed by atoms with van der Waals surface area (Å²) in [5.41, 5.74) is 4.49. The van der Waals surface area contributed by atoms with E-state index in [1.165, 1.54) is 0 Å². The van der Waals surface area contributed by atoms with E-state index in [-0.39, 0.29) is 5.48 Å². The Morgan fingerprint density at radius 2 is 2.00 bits per heavy atom. The first-order valence-electron chi connectivity index (χ1n) is 0.993. The van der Waals surface area contributed by atoms with Gasteiger partial charge in [0.1, 0.15) is 0 Å². The van der Waals surface area contributed by atoms with E-state index in [1.54, 1.807) is 0 Å². The van der Waals surface area contributed by atoms with Gasteiger partial charge in [0.25, 0.3) is 0 Å². The van der Waals surface area contributed by atoms with Crippen molar-refractivity contribution in [3.05, 3.63) is 0 Å². The van der Waals surface area contributed by atoms with Crippen LogP contribution in [0.3, 0.4) is 0 Å². The number of carbonyl (C=O) groups is 1. The van der Waals surface area contributed by atoms with Gasteiger partial charge in [0, 0.05) is 0 Å². The Morgan fingerprint density at radius 1 is 1.83 bits per heavy atom. The van der Waals surface area contributed by atoms with Gasteiger partial charge in [-0.05, 0) is 0 Å². The summed E-state index contributed by atoms with van der Waals surface area (Å²) in [5.74, 6) is 0. The number of urea groups is 1. The van der Waals surface area contributed by atoms with Crippen molar-refractivity contribution in [2.24, 2.45) is 5.73 Å². The molecule has 0 aromatic heterocycles. The molecule has 0 aromatic rings. The molecule has 0 spiro atoms. The second-order valence-electron chi connectivity index (χ2n) is 0.489. The van der Waals surface area contributed by atoms with Crippen LogP contribution in [0.25, 0.3) is 0 Å². The van der Waals surface area contributed by atoms with Gasteiger partial charge in [0.05, 0.1) is 0 Å². The molecule has 0 heterocycles. The fourth-order valence-electron chi connectivity index (χ4n) is 0. The average Bonchev–Trinajstić information content (AvgIpc) is 1.38. The molecule has 5 heteroatoms. The molecule has 0 aliphatic heterocycles. The zero-order chi connectivity index (χ0) is 4.28. The molecule has 5 N–H and O–H groups in total. The third-order valence-corrected chi connectivity index (χ3v) is 0.370. The molecule has 4 nitrogen and oxygen atoms in total. The van der Waals surface area contributed by atoms with Crippen molar-refractivity contribution in [2.45, 2.75) is 0 Å². The molecule has 0 saturated heterocycles. The van der Waals surface area contributed by atoms with Gasteiger partial charge in [0.15, 0.2) is 10.4 Å². The Hall–Kier alpha value is -0.553.